The Morgan fingerprint density at radius 2 is 1.60 bits per heavy atom. The summed E-state index contributed by atoms with van der Waals surface area (Å²) in [6, 6.07) is 20.6. The molecule has 0 bridgehead atoms. The van der Waals surface area contributed by atoms with Crippen molar-refractivity contribution < 1.29 is 22.4 Å². The van der Waals surface area contributed by atoms with Gasteiger partial charge in [0.05, 0.1) is 10.6 Å². The van der Waals surface area contributed by atoms with Crippen LogP contribution in [0, 0.1) is 5.82 Å². The zero-order chi connectivity index (χ0) is 24.8. The fourth-order valence-electron chi connectivity index (χ4n) is 3.91. The fourth-order valence-corrected chi connectivity index (χ4v) is 5.36. The van der Waals surface area contributed by atoms with Gasteiger partial charge in [0.15, 0.2) is 0 Å². The van der Waals surface area contributed by atoms with Crippen LogP contribution in [0.25, 0.3) is 0 Å². The van der Waals surface area contributed by atoms with Crippen molar-refractivity contribution in [1.82, 2.24) is 10.2 Å². The summed E-state index contributed by atoms with van der Waals surface area (Å²) in [7, 11) is -4.18. The summed E-state index contributed by atoms with van der Waals surface area (Å²) in [5.41, 5.74) is 1.61. The first-order valence-electron chi connectivity index (χ1n) is 11.3. The van der Waals surface area contributed by atoms with Crippen molar-refractivity contribution in [2.75, 3.05) is 17.4 Å². The molecule has 1 N–H and O–H groups in total. The van der Waals surface area contributed by atoms with E-state index in [1.54, 1.807) is 18.2 Å². The molecule has 0 aromatic heterocycles. The number of nitrogens with zero attached hydrogens (tertiary/aromatic N) is 2. The quantitative estimate of drug-likeness (QED) is 0.493. The number of rotatable bonds is 9. The average molecular weight is 496 g/mol. The van der Waals surface area contributed by atoms with Crippen LogP contribution in [0.3, 0.4) is 0 Å². The van der Waals surface area contributed by atoms with Crippen LogP contribution in [0.4, 0.5) is 10.1 Å². The molecule has 1 aliphatic rings. The Kier molecular flexibility index (Phi) is 7.45. The van der Waals surface area contributed by atoms with E-state index in [0.717, 1.165) is 34.5 Å². The number of para-hydroxylation sites is 1. The molecule has 4 rings (SSSR count). The van der Waals surface area contributed by atoms with Crippen LogP contribution in [-0.4, -0.2) is 38.2 Å². The maximum Gasteiger partial charge on any atom is 0.264 e. The highest BCUT2D eigenvalue weighted by Gasteiger charge is 2.29. The largest absolute Gasteiger partial charge is 0.350 e. The SMILES string of the molecule is O=C(CN(c1ccccc1F)S(=O)(=O)c1ccccc1)NCc1ccc(CN2CCCC2=O)cc1. The number of hydrogen-bond acceptors (Lipinski definition) is 4. The van der Waals surface area contributed by atoms with Gasteiger partial charge < -0.3 is 10.2 Å². The monoisotopic (exact) mass is 495 g/mol. The molecule has 0 unspecified atom stereocenters. The molecule has 1 saturated heterocycles. The van der Waals surface area contributed by atoms with Crippen molar-refractivity contribution in [1.29, 1.82) is 0 Å². The van der Waals surface area contributed by atoms with Crippen molar-refractivity contribution in [3.05, 3.63) is 95.8 Å². The molecule has 9 heteroatoms. The predicted octanol–water partition coefficient (Wildman–Crippen LogP) is 3.46. The number of benzene rings is 3. The van der Waals surface area contributed by atoms with Crippen molar-refractivity contribution in [2.45, 2.75) is 30.8 Å². The smallest absolute Gasteiger partial charge is 0.264 e. The van der Waals surface area contributed by atoms with Gasteiger partial charge in [-0.3, -0.25) is 13.9 Å². The normalized spacial score (nSPS) is 13.6. The summed E-state index contributed by atoms with van der Waals surface area (Å²) >= 11 is 0. The van der Waals surface area contributed by atoms with Crippen LogP contribution in [0.1, 0.15) is 24.0 Å². The molecule has 1 aliphatic heterocycles. The van der Waals surface area contributed by atoms with Gasteiger partial charge in [-0.25, -0.2) is 12.8 Å². The van der Waals surface area contributed by atoms with Gasteiger partial charge in [-0.15, -0.1) is 0 Å². The van der Waals surface area contributed by atoms with Gasteiger partial charge in [-0.2, -0.15) is 0 Å². The van der Waals surface area contributed by atoms with E-state index in [0.29, 0.717) is 13.0 Å². The first kappa shape index (κ1) is 24.4. The third-order valence-electron chi connectivity index (χ3n) is 5.80. The highest BCUT2D eigenvalue weighted by Crippen LogP contribution is 2.26. The molecule has 0 spiro atoms. The minimum absolute atomic E-state index is 0.0388. The number of halogens is 1. The van der Waals surface area contributed by atoms with Crippen molar-refractivity contribution >= 4 is 27.5 Å². The number of amides is 2. The fraction of sp³-hybridized carbons (Fsp3) is 0.231. The number of carbonyl (C=O) groups excluding carboxylic acids is 2. The van der Waals surface area contributed by atoms with E-state index in [9.17, 15) is 22.4 Å². The summed E-state index contributed by atoms with van der Waals surface area (Å²) in [5.74, 6) is -1.16. The van der Waals surface area contributed by atoms with E-state index >= 15 is 0 Å². The Labute approximate surface area is 204 Å². The molecule has 0 radical (unpaired) electrons. The zero-order valence-electron chi connectivity index (χ0n) is 19.1. The van der Waals surface area contributed by atoms with Crippen LogP contribution >= 0.6 is 0 Å². The van der Waals surface area contributed by atoms with E-state index in [1.807, 2.05) is 29.2 Å². The van der Waals surface area contributed by atoms with Crippen LogP contribution < -0.4 is 9.62 Å². The number of carbonyl (C=O) groups is 2. The molecule has 2 amide bonds. The van der Waals surface area contributed by atoms with Crippen molar-refractivity contribution in [3.8, 4) is 0 Å². The third-order valence-corrected chi connectivity index (χ3v) is 7.57. The number of likely N-dealkylation sites (tertiary alicyclic amines) is 1. The lowest BCUT2D eigenvalue weighted by atomic mass is 10.1. The maximum absolute atomic E-state index is 14.5. The Morgan fingerprint density at radius 1 is 0.943 bits per heavy atom. The van der Waals surface area contributed by atoms with Crippen molar-refractivity contribution in [2.24, 2.45) is 0 Å². The molecule has 0 saturated carbocycles. The summed E-state index contributed by atoms with van der Waals surface area (Å²) in [6.07, 6.45) is 1.47. The molecular weight excluding hydrogens is 469 g/mol. The second kappa shape index (κ2) is 10.7. The van der Waals surface area contributed by atoms with E-state index in [2.05, 4.69) is 5.32 Å². The minimum atomic E-state index is -4.18. The molecule has 7 nitrogen and oxygen atoms in total. The standard InChI is InChI=1S/C26H26FN3O4S/c27-23-9-4-5-10-24(23)30(35(33,34)22-7-2-1-3-8-22)19-25(31)28-17-20-12-14-21(15-13-20)18-29-16-6-11-26(29)32/h1-5,7-10,12-15H,6,11,16-19H2,(H,28,31). The van der Waals surface area contributed by atoms with Gasteiger partial charge in [-0.1, -0.05) is 54.6 Å². The zero-order valence-corrected chi connectivity index (χ0v) is 19.9. The number of nitrogens with one attached hydrogen (secondary N) is 1. The predicted molar refractivity (Wildman–Crippen MR) is 130 cm³/mol. The lowest BCUT2D eigenvalue weighted by molar-refractivity contribution is -0.128. The van der Waals surface area contributed by atoms with Crippen molar-refractivity contribution in [3.63, 3.8) is 0 Å². The Balaban J connectivity index is 1.44. The highest BCUT2D eigenvalue weighted by molar-refractivity contribution is 7.92. The summed E-state index contributed by atoms with van der Waals surface area (Å²) < 4.78 is 41.8. The molecule has 3 aromatic carbocycles. The molecule has 0 atom stereocenters. The third kappa shape index (κ3) is 5.86. The van der Waals surface area contributed by atoms with Gasteiger partial charge in [0.25, 0.3) is 10.0 Å². The Bertz CT molecular complexity index is 1300. The van der Waals surface area contributed by atoms with Gasteiger partial charge in [0, 0.05) is 26.1 Å². The van der Waals surface area contributed by atoms with Gasteiger partial charge >= 0.3 is 0 Å². The second-order valence-corrected chi connectivity index (χ2v) is 10.2. The molecule has 3 aromatic rings. The number of sulfonamides is 1. The molecule has 0 aliphatic carbocycles. The second-order valence-electron chi connectivity index (χ2n) is 8.29. The highest BCUT2D eigenvalue weighted by atomic mass is 32.2. The lowest BCUT2D eigenvalue weighted by Gasteiger charge is -2.24. The number of hydrogen-bond donors (Lipinski definition) is 1. The van der Waals surface area contributed by atoms with E-state index in [1.165, 1.54) is 30.3 Å². The van der Waals surface area contributed by atoms with Crippen LogP contribution in [0.2, 0.25) is 0 Å². The van der Waals surface area contributed by atoms with E-state index in [-0.39, 0.29) is 23.0 Å². The lowest BCUT2D eigenvalue weighted by Crippen LogP contribution is -2.41. The van der Waals surface area contributed by atoms with Gasteiger partial charge in [0.1, 0.15) is 12.4 Å². The molecule has 1 heterocycles. The topological polar surface area (TPSA) is 86.8 Å². The number of anilines is 1. The van der Waals surface area contributed by atoms with Gasteiger partial charge in [-0.05, 0) is 41.8 Å². The van der Waals surface area contributed by atoms with Crippen LogP contribution in [0.15, 0.2) is 83.8 Å². The van der Waals surface area contributed by atoms with Crippen LogP contribution in [0.5, 0.6) is 0 Å². The summed E-state index contributed by atoms with van der Waals surface area (Å²) in [5, 5.41) is 2.71. The summed E-state index contributed by atoms with van der Waals surface area (Å²) in [6.45, 7) is 0.924. The molecule has 1 fully saturated rings. The Morgan fingerprint density at radius 3 is 2.26 bits per heavy atom. The first-order valence-corrected chi connectivity index (χ1v) is 12.7. The molecule has 35 heavy (non-hydrogen) atoms. The average Bonchev–Trinajstić information content (AvgIpc) is 3.27. The minimum Gasteiger partial charge on any atom is -0.350 e. The Hall–Kier alpha value is -3.72. The summed E-state index contributed by atoms with van der Waals surface area (Å²) in [4.78, 5) is 26.3. The molecule has 182 valence electrons. The van der Waals surface area contributed by atoms with E-state index < -0.39 is 28.3 Å². The van der Waals surface area contributed by atoms with Crippen LogP contribution in [-0.2, 0) is 32.7 Å². The van der Waals surface area contributed by atoms with Gasteiger partial charge in [0.2, 0.25) is 11.8 Å². The first-order chi connectivity index (χ1) is 16.8. The van der Waals surface area contributed by atoms with E-state index in [4.69, 9.17) is 0 Å². The maximum atomic E-state index is 14.5. The molecular formula is C26H26FN3O4S.